The maximum atomic E-state index is 13.1. The summed E-state index contributed by atoms with van der Waals surface area (Å²) >= 11 is 1.44. The average Bonchev–Trinajstić information content (AvgIpc) is 3.34. The zero-order chi connectivity index (χ0) is 22.0. The molecule has 0 saturated carbocycles. The number of allylic oxidation sites excluding steroid dienone is 2. The molecule has 2 aliphatic rings. The van der Waals surface area contributed by atoms with Gasteiger partial charge < -0.3 is 15.7 Å². The van der Waals surface area contributed by atoms with E-state index in [2.05, 4.69) is 10.6 Å². The molecule has 2 amide bonds. The summed E-state index contributed by atoms with van der Waals surface area (Å²) < 4.78 is 0. The van der Waals surface area contributed by atoms with Gasteiger partial charge >= 0.3 is 5.97 Å². The Bertz CT molecular complexity index is 1040. The van der Waals surface area contributed by atoms with E-state index in [1.54, 1.807) is 0 Å². The van der Waals surface area contributed by atoms with E-state index in [-0.39, 0.29) is 11.8 Å². The number of anilines is 1. The van der Waals surface area contributed by atoms with Crippen molar-refractivity contribution in [2.24, 2.45) is 11.8 Å². The van der Waals surface area contributed by atoms with Gasteiger partial charge in [0.2, 0.25) is 5.91 Å². The van der Waals surface area contributed by atoms with E-state index in [1.165, 1.54) is 11.3 Å². The SMILES string of the molecule is Cc1ccc(CNC(=O)c2c(NC(=O)[C@@H]3CC=CC[C@@H]3C(=O)O)sc3c2CCC3)cc1. The zero-order valence-electron chi connectivity index (χ0n) is 17.4. The van der Waals surface area contributed by atoms with Crippen molar-refractivity contribution in [3.05, 3.63) is 63.5 Å². The fraction of sp³-hybridized carbons (Fsp3) is 0.375. The van der Waals surface area contributed by atoms with Crippen molar-refractivity contribution in [3.63, 3.8) is 0 Å². The average molecular weight is 439 g/mol. The number of carboxylic acid groups (broad SMARTS) is 1. The van der Waals surface area contributed by atoms with Crippen LogP contribution < -0.4 is 10.6 Å². The van der Waals surface area contributed by atoms with Crippen LogP contribution in [0.5, 0.6) is 0 Å². The minimum absolute atomic E-state index is 0.200. The number of aliphatic carboxylic acids is 1. The van der Waals surface area contributed by atoms with Gasteiger partial charge in [-0.15, -0.1) is 11.3 Å². The van der Waals surface area contributed by atoms with Crippen LogP contribution in [-0.4, -0.2) is 22.9 Å². The summed E-state index contributed by atoms with van der Waals surface area (Å²) in [5, 5.41) is 15.9. The van der Waals surface area contributed by atoms with Crippen LogP contribution in [-0.2, 0) is 29.0 Å². The van der Waals surface area contributed by atoms with E-state index in [0.717, 1.165) is 40.8 Å². The number of hydrogen-bond acceptors (Lipinski definition) is 4. The molecule has 31 heavy (non-hydrogen) atoms. The molecule has 0 aliphatic heterocycles. The van der Waals surface area contributed by atoms with Gasteiger partial charge in [-0.05, 0) is 50.2 Å². The summed E-state index contributed by atoms with van der Waals surface area (Å²) in [7, 11) is 0. The van der Waals surface area contributed by atoms with Crippen LogP contribution in [0.4, 0.5) is 5.00 Å². The van der Waals surface area contributed by atoms with Gasteiger partial charge in [0, 0.05) is 11.4 Å². The maximum absolute atomic E-state index is 13.1. The smallest absolute Gasteiger partial charge is 0.307 e. The van der Waals surface area contributed by atoms with E-state index in [1.807, 2.05) is 43.3 Å². The highest BCUT2D eigenvalue weighted by Crippen LogP contribution is 2.40. The van der Waals surface area contributed by atoms with Crippen LogP contribution in [0.3, 0.4) is 0 Å². The number of thiophene rings is 1. The molecular formula is C24H26N2O4S. The predicted molar refractivity (Wildman–Crippen MR) is 120 cm³/mol. The summed E-state index contributed by atoms with van der Waals surface area (Å²) in [5.41, 5.74) is 3.72. The Morgan fingerprint density at radius 1 is 1.06 bits per heavy atom. The number of carbonyl (C=O) groups is 3. The maximum Gasteiger partial charge on any atom is 0.307 e. The van der Waals surface area contributed by atoms with Crippen molar-refractivity contribution >= 4 is 34.1 Å². The third-order valence-electron chi connectivity index (χ3n) is 6.05. The Hall–Kier alpha value is -2.93. The molecule has 6 nitrogen and oxygen atoms in total. The zero-order valence-corrected chi connectivity index (χ0v) is 18.3. The van der Waals surface area contributed by atoms with Gasteiger partial charge in [0.05, 0.1) is 17.4 Å². The number of benzene rings is 1. The first-order chi connectivity index (χ1) is 14.9. The lowest BCUT2D eigenvalue weighted by Crippen LogP contribution is -2.35. The van der Waals surface area contributed by atoms with Crippen LogP contribution >= 0.6 is 11.3 Å². The molecule has 0 unspecified atom stereocenters. The summed E-state index contributed by atoms with van der Waals surface area (Å²) in [6.45, 7) is 2.43. The van der Waals surface area contributed by atoms with E-state index in [0.29, 0.717) is 30.0 Å². The highest BCUT2D eigenvalue weighted by Gasteiger charge is 2.35. The van der Waals surface area contributed by atoms with Gasteiger partial charge in [0.25, 0.3) is 5.91 Å². The largest absolute Gasteiger partial charge is 0.481 e. The Labute approximate surface area is 185 Å². The van der Waals surface area contributed by atoms with Crippen LogP contribution in [0.25, 0.3) is 0 Å². The van der Waals surface area contributed by atoms with Gasteiger partial charge in [-0.3, -0.25) is 14.4 Å². The molecule has 7 heteroatoms. The van der Waals surface area contributed by atoms with E-state index < -0.39 is 17.8 Å². The lowest BCUT2D eigenvalue weighted by atomic mass is 9.82. The molecule has 1 heterocycles. The van der Waals surface area contributed by atoms with Crippen molar-refractivity contribution in [2.45, 2.75) is 45.6 Å². The van der Waals surface area contributed by atoms with Crippen LogP contribution in [0.15, 0.2) is 36.4 Å². The molecule has 0 bridgehead atoms. The second kappa shape index (κ2) is 9.06. The van der Waals surface area contributed by atoms with Gasteiger partial charge in [-0.2, -0.15) is 0 Å². The van der Waals surface area contributed by atoms with Gasteiger partial charge in [-0.25, -0.2) is 0 Å². The molecule has 4 rings (SSSR count). The first-order valence-electron chi connectivity index (χ1n) is 10.6. The molecule has 1 aromatic carbocycles. The van der Waals surface area contributed by atoms with Crippen molar-refractivity contribution in [1.29, 1.82) is 0 Å². The van der Waals surface area contributed by atoms with E-state index in [9.17, 15) is 19.5 Å². The number of fused-ring (bicyclic) bond motifs is 1. The highest BCUT2D eigenvalue weighted by atomic mass is 32.1. The summed E-state index contributed by atoms with van der Waals surface area (Å²) in [6, 6.07) is 7.98. The number of rotatable bonds is 6. The van der Waals surface area contributed by atoms with Crippen LogP contribution in [0.1, 0.15) is 51.2 Å². The minimum Gasteiger partial charge on any atom is -0.481 e. The minimum atomic E-state index is -0.964. The predicted octanol–water partition coefficient (Wildman–Crippen LogP) is 4.08. The fourth-order valence-corrected chi connectivity index (χ4v) is 5.58. The third-order valence-corrected chi connectivity index (χ3v) is 7.25. The topological polar surface area (TPSA) is 95.5 Å². The Morgan fingerprint density at radius 2 is 1.77 bits per heavy atom. The molecule has 162 valence electrons. The second-order valence-corrected chi connectivity index (χ2v) is 9.32. The van der Waals surface area contributed by atoms with Crippen molar-refractivity contribution in [2.75, 3.05) is 5.32 Å². The lowest BCUT2D eigenvalue weighted by molar-refractivity contribution is -0.146. The molecule has 0 fully saturated rings. The number of carboxylic acids is 1. The second-order valence-electron chi connectivity index (χ2n) is 8.21. The molecule has 0 radical (unpaired) electrons. The van der Waals surface area contributed by atoms with Gasteiger partial charge in [0.1, 0.15) is 5.00 Å². The van der Waals surface area contributed by atoms with E-state index in [4.69, 9.17) is 0 Å². The molecule has 2 aromatic rings. The number of carbonyl (C=O) groups excluding carboxylic acids is 2. The third kappa shape index (κ3) is 4.56. The lowest BCUT2D eigenvalue weighted by Gasteiger charge is -2.24. The Balaban J connectivity index is 1.53. The fourth-order valence-electron chi connectivity index (χ4n) is 4.29. The summed E-state index contributed by atoms with van der Waals surface area (Å²) in [5.74, 6) is -2.87. The highest BCUT2D eigenvalue weighted by molar-refractivity contribution is 7.17. The van der Waals surface area contributed by atoms with Crippen LogP contribution in [0.2, 0.25) is 0 Å². The molecule has 3 N–H and O–H groups in total. The van der Waals surface area contributed by atoms with Crippen molar-refractivity contribution in [1.82, 2.24) is 5.32 Å². The first-order valence-corrected chi connectivity index (χ1v) is 11.4. The monoisotopic (exact) mass is 438 g/mol. The standard InChI is InChI=1S/C24H26N2O4S/c1-14-9-11-15(12-10-14)13-25-22(28)20-18-7-4-8-19(18)31-23(20)26-21(27)16-5-2-3-6-17(16)24(29)30/h2-3,9-12,16-17H,4-8,13H2,1H3,(H,25,28)(H,26,27)(H,29,30)/t16-,17+/m1/s1. The summed E-state index contributed by atoms with van der Waals surface area (Å²) in [6.07, 6.45) is 7.12. The van der Waals surface area contributed by atoms with E-state index >= 15 is 0 Å². The molecule has 1 aromatic heterocycles. The van der Waals surface area contributed by atoms with Gasteiger partial charge in [-0.1, -0.05) is 42.0 Å². The normalized spacial score (nSPS) is 19.6. The Kier molecular flexibility index (Phi) is 6.23. The van der Waals surface area contributed by atoms with Crippen molar-refractivity contribution in [3.8, 4) is 0 Å². The Morgan fingerprint density at radius 3 is 2.48 bits per heavy atom. The molecule has 2 atom stereocenters. The number of amides is 2. The first kappa shape index (κ1) is 21.3. The molecular weight excluding hydrogens is 412 g/mol. The number of aryl methyl sites for hydroxylation is 2. The quantitative estimate of drug-likeness (QED) is 0.592. The van der Waals surface area contributed by atoms with Crippen molar-refractivity contribution < 1.29 is 19.5 Å². The van der Waals surface area contributed by atoms with Gasteiger partial charge in [0.15, 0.2) is 0 Å². The number of hydrogen-bond donors (Lipinski definition) is 3. The molecule has 2 aliphatic carbocycles. The van der Waals surface area contributed by atoms with Crippen LogP contribution in [0, 0.1) is 18.8 Å². The molecule has 0 spiro atoms. The molecule has 0 saturated heterocycles. The number of nitrogens with one attached hydrogen (secondary N) is 2. The summed E-state index contributed by atoms with van der Waals surface area (Å²) in [4.78, 5) is 38.8.